The number of rotatable bonds is 7. The summed E-state index contributed by atoms with van der Waals surface area (Å²) in [7, 11) is 0. The first-order valence-corrected chi connectivity index (χ1v) is 11.0. The third-order valence-electron chi connectivity index (χ3n) is 4.77. The van der Waals surface area contributed by atoms with Crippen LogP contribution < -0.4 is 5.48 Å². The molecule has 0 saturated heterocycles. The van der Waals surface area contributed by atoms with Gasteiger partial charge in [0.05, 0.1) is 5.92 Å². The lowest BCUT2D eigenvalue weighted by atomic mass is 9.96. The Morgan fingerprint density at radius 3 is 2.38 bits per heavy atom. The molecule has 2 aromatic carbocycles. The number of hydrogen-bond acceptors (Lipinski definition) is 3. The number of halogens is 6. The number of benzene rings is 2. The van der Waals surface area contributed by atoms with E-state index in [1.54, 1.807) is 31.2 Å². The lowest BCUT2D eigenvalue weighted by molar-refractivity contribution is -0.139. The number of hydrogen-bond donors (Lipinski definition) is 1. The third-order valence-corrected chi connectivity index (χ3v) is 5.43. The molecule has 0 aliphatic carbocycles. The molecular weight excluding hydrogens is 512 g/mol. The number of alkyl halides is 3. The molecule has 1 atom stereocenters. The number of aryl methyl sites for hydroxylation is 1. The first-order valence-electron chi connectivity index (χ1n) is 9.87. The maximum Gasteiger partial charge on any atom is 0.399 e. The van der Waals surface area contributed by atoms with Crippen LogP contribution in [0.4, 0.5) is 13.2 Å². The van der Waals surface area contributed by atoms with E-state index in [9.17, 15) is 18.0 Å². The molecule has 1 N–H and O–H groups in total. The van der Waals surface area contributed by atoms with Crippen molar-refractivity contribution < 1.29 is 22.8 Å². The van der Waals surface area contributed by atoms with Gasteiger partial charge < -0.3 is 0 Å². The molecule has 0 saturated carbocycles. The van der Waals surface area contributed by atoms with Crippen molar-refractivity contribution >= 4 is 46.8 Å². The summed E-state index contributed by atoms with van der Waals surface area (Å²) in [5, 5.41) is 0.576. The Morgan fingerprint density at radius 1 is 1.09 bits per heavy atom. The molecule has 3 rings (SSSR count). The predicted octanol–water partition coefficient (Wildman–Crippen LogP) is 7.57. The van der Waals surface area contributed by atoms with Crippen molar-refractivity contribution in [3.05, 3.63) is 104 Å². The summed E-state index contributed by atoms with van der Waals surface area (Å²) < 4.78 is 41.0. The number of nitrogens with one attached hydrogen (secondary N) is 1. The maximum absolute atomic E-state index is 13.7. The number of aromatic nitrogens is 1. The Morgan fingerprint density at radius 2 is 1.79 bits per heavy atom. The van der Waals surface area contributed by atoms with E-state index >= 15 is 0 Å². The minimum atomic E-state index is -4.55. The number of allylic oxidation sites excluding steroid dienone is 1. The van der Waals surface area contributed by atoms with Crippen LogP contribution >= 0.6 is 34.8 Å². The average molecular weight is 530 g/mol. The van der Waals surface area contributed by atoms with Crippen LogP contribution in [-0.2, 0) is 11.4 Å². The monoisotopic (exact) mass is 528 g/mol. The smallest absolute Gasteiger partial charge is 0.269 e. The highest BCUT2D eigenvalue weighted by molar-refractivity contribution is 6.34. The van der Waals surface area contributed by atoms with E-state index in [2.05, 4.69) is 10.5 Å². The fourth-order valence-corrected chi connectivity index (χ4v) is 3.80. The van der Waals surface area contributed by atoms with Crippen LogP contribution in [0.3, 0.4) is 0 Å². The van der Waals surface area contributed by atoms with Gasteiger partial charge in [-0.2, -0.15) is 13.2 Å². The Bertz CT molecular complexity index is 1180. The minimum absolute atomic E-state index is 0.0676. The fourth-order valence-electron chi connectivity index (χ4n) is 3.15. The standard InChI is InChI=1S/C24H18Cl3F3N2O2/c1-14-8-15(3-6-21(24(28,29)30)17-9-18(25)11-19(26)10-17)2-5-20(14)23(33)32-34-13-16-4-7-22(27)31-12-16/h2-12,21H,13H2,1H3,(H,32,33). The number of amides is 1. The van der Waals surface area contributed by atoms with Crippen LogP contribution in [0.25, 0.3) is 6.08 Å². The van der Waals surface area contributed by atoms with Crippen molar-refractivity contribution in [2.45, 2.75) is 25.6 Å². The molecule has 1 heterocycles. The molecule has 0 aliphatic rings. The van der Waals surface area contributed by atoms with E-state index in [0.717, 1.165) is 6.08 Å². The van der Waals surface area contributed by atoms with Crippen LogP contribution in [0.1, 0.15) is 38.5 Å². The number of carbonyl (C=O) groups is 1. The zero-order valence-corrected chi connectivity index (χ0v) is 19.9. The van der Waals surface area contributed by atoms with Gasteiger partial charge in [0, 0.05) is 21.8 Å². The van der Waals surface area contributed by atoms with Crippen LogP contribution in [0, 0.1) is 6.92 Å². The van der Waals surface area contributed by atoms with Gasteiger partial charge in [-0.15, -0.1) is 0 Å². The summed E-state index contributed by atoms with van der Waals surface area (Å²) in [6.45, 7) is 1.76. The Hall–Kier alpha value is -2.58. The number of hydroxylamine groups is 1. The first-order chi connectivity index (χ1) is 16.0. The van der Waals surface area contributed by atoms with Crippen molar-refractivity contribution in [1.29, 1.82) is 0 Å². The van der Waals surface area contributed by atoms with Crippen molar-refractivity contribution in [2.75, 3.05) is 0 Å². The van der Waals surface area contributed by atoms with Gasteiger partial charge in [-0.05, 0) is 59.5 Å². The lowest BCUT2D eigenvalue weighted by Crippen LogP contribution is -2.24. The summed E-state index contributed by atoms with van der Waals surface area (Å²) in [6.07, 6.45) is -0.659. The van der Waals surface area contributed by atoms with Crippen LogP contribution in [0.5, 0.6) is 0 Å². The Labute approximate surface area is 209 Å². The molecule has 0 radical (unpaired) electrons. The van der Waals surface area contributed by atoms with E-state index in [1.165, 1.54) is 36.5 Å². The zero-order valence-electron chi connectivity index (χ0n) is 17.7. The van der Waals surface area contributed by atoms with Gasteiger partial charge >= 0.3 is 6.18 Å². The number of nitrogens with zero attached hydrogens (tertiary/aromatic N) is 1. The van der Waals surface area contributed by atoms with Crippen LogP contribution in [-0.4, -0.2) is 17.1 Å². The zero-order chi connectivity index (χ0) is 24.9. The molecule has 4 nitrogen and oxygen atoms in total. The first kappa shape index (κ1) is 26.0. The summed E-state index contributed by atoms with van der Waals surface area (Å²) >= 11 is 17.5. The Balaban J connectivity index is 1.70. The van der Waals surface area contributed by atoms with E-state index in [1.807, 2.05) is 0 Å². The molecule has 3 aromatic rings. The lowest BCUT2D eigenvalue weighted by Gasteiger charge is -2.18. The minimum Gasteiger partial charge on any atom is -0.269 e. The highest BCUT2D eigenvalue weighted by Crippen LogP contribution is 2.38. The van der Waals surface area contributed by atoms with Gasteiger partial charge in [0.2, 0.25) is 0 Å². The molecule has 1 aromatic heterocycles. The Kier molecular flexibility index (Phi) is 8.60. The largest absolute Gasteiger partial charge is 0.399 e. The van der Waals surface area contributed by atoms with Gasteiger partial charge in [-0.25, -0.2) is 10.5 Å². The summed E-state index contributed by atoms with van der Waals surface area (Å²) in [6, 6.07) is 11.8. The molecule has 0 aliphatic heterocycles. The normalized spacial score (nSPS) is 12.7. The van der Waals surface area contributed by atoms with Crippen LogP contribution in [0.2, 0.25) is 15.2 Å². The predicted molar refractivity (Wildman–Crippen MR) is 127 cm³/mol. The van der Waals surface area contributed by atoms with Gasteiger partial charge in [0.25, 0.3) is 5.91 Å². The maximum atomic E-state index is 13.7. The van der Waals surface area contributed by atoms with Crippen LogP contribution in [0.15, 0.2) is 60.8 Å². The summed E-state index contributed by atoms with van der Waals surface area (Å²) in [4.78, 5) is 21.5. The van der Waals surface area contributed by atoms with Gasteiger partial charge in [0.1, 0.15) is 11.8 Å². The molecule has 10 heteroatoms. The van der Waals surface area contributed by atoms with E-state index < -0.39 is 18.0 Å². The highest BCUT2D eigenvalue weighted by Gasteiger charge is 2.39. The van der Waals surface area contributed by atoms with Crippen molar-refractivity contribution in [2.24, 2.45) is 0 Å². The molecule has 1 unspecified atom stereocenters. The quantitative estimate of drug-likeness (QED) is 0.254. The second kappa shape index (κ2) is 11.2. The molecule has 0 fully saturated rings. The van der Waals surface area contributed by atoms with Gasteiger partial charge in [-0.1, -0.05) is 65.2 Å². The second-order valence-electron chi connectivity index (χ2n) is 7.36. The van der Waals surface area contributed by atoms with E-state index in [4.69, 9.17) is 39.6 Å². The molecule has 0 bridgehead atoms. The van der Waals surface area contributed by atoms with Crippen molar-refractivity contribution in [3.63, 3.8) is 0 Å². The van der Waals surface area contributed by atoms with Gasteiger partial charge in [-0.3, -0.25) is 9.63 Å². The molecule has 34 heavy (non-hydrogen) atoms. The highest BCUT2D eigenvalue weighted by atomic mass is 35.5. The molecule has 178 valence electrons. The molecule has 1 amide bonds. The van der Waals surface area contributed by atoms with Crippen molar-refractivity contribution in [1.82, 2.24) is 10.5 Å². The summed E-state index contributed by atoms with van der Waals surface area (Å²) in [5.41, 5.74) is 4.35. The van der Waals surface area contributed by atoms with E-state index in [0.29, 0.717) is 27.4 Å². The topological polar surface area (TPSA) is 51.2 Å². The van der Waals surface area contributed by atoms with Gasteiger partial charge in [0.15, 0.2) is 0 Å². The third kappa shape index (κ3) is 7.21. The van der Waals surface area contributed by atoms with E-state index in [-0.39, 0.29) is 22.2 Å². The van der Waals surface area contributed by atoms with Crippen molar-refractivity contribution in [3.8, 4) is 0 Å². The second-order valence-corrected chi connectivity index (χ2v) is 8.62. The fraction of sp³-hybridized carbons (Fsp3) is 0.167. The number of carbonyl (C=O) groups excluding carboxylic acids is 1. The molecular formula is C24H18Cl3F3N2O2. The SMILES string of the molecule is Cc1cc(C=CC(c2cc(Cl)cc(Cl)c2)C(F)(F)F)ccc1C(=O)NOCc1ccc(Cl)nc1. The molecule has 0 spiro atoms. The summed E-state index contributed by atoms with van der Waals surface area (Å²) in [5.74, 6) is -2.39. The number of pyridine rings is 1. The average Bonchev–Trinajstić information content (AvgIpc) is 2.73.